The van der Waals surface area contributed by atoms with Crippen LogP contribution in [0.1, 0.15) is 17.5 Å². The molecule has 144 valence electrons. The van der Waals surface area contributed by atoms with E-state index in [9.17, 15) is 13.2 Å². The Morgan fingerprint density at radius 1 is 1.07 bits per heavy atom. The summed E-state index contributed by atoms with van der Waals surface area (Å²) in [7, 11) is -3.70. The first-order valence-corrected chi connectivity index (χ1v) is 10.5. The predicted molar refractivity (Wildman–Crippen MR) is 107 cm³/mol. The maximum absolute atomic E-state index is 12.9. The Hall–Kier alpha value is -1.93. The molecule has 3 rings (SSSR count). The summed E-state index contributed by atoms with van der Waals surface area (Å²) < 4.78 is 28.4. The van der Waals surface area contributed by atoms with Crippen LogP contribution < -0.4 is 5.32 Å². The van der Waals surface area contributed by atoms with E-state index in [4.69, 9.17) is 11.6 Å². The first kappa shape index (κ1) is 19.8. The number of rotatable bonds is 5. The molecule has 1 aliphatic heterocycles. The highest BCUT2D eigenvalue weighted by Gasteiger charge is 2.34. The summed E-state index contributed by atoms with van der Waals surface area (Å²) in [5.41, 5.74) is 2.47. The highest BCUT2D eigenvalue weighted by atomic mass is 35.5. The number of nitrogens with zero attached hydrogens (tertiary/aromatic N) is 2. The number of hydrogen-bond donors (Lipinski definition) is 1. The second-order valence-corrected chi connectivity index (χ2v) is 8.88. The summed E-state index contributed by atoms with van der Waals surface area (Å²) in [6, 6.07) is 14.5. The Morgan fingerprint density at radius 3 is 2.44 bits per heavy atom. The van der Waals surface area contributed by atoms with Crippen LogP contribution in [0, 0.1) is 6.92 Å². The van der Waals surface area contributed by atoms with Crippen LogP contribution in [0.3, 0.4) is 0 Å². The van der Waals surface area contributed by atoms with E-state index in [1.54, 1.807) is 18.2 Å². The van der Waals surface area contributed by atoms with E-state index < -0.39 is 10.2 Å². The lowest BCUT2D eigenvalue weighted by Crippen LogP contribution is -2.51. The zero-order chi connectivity index (χ0) is 19.4. The minimum absolute atomic E-state index is 0.201. The lowest BCUT2D eigenvalue weighted by atomic mass is 10.2. The van der Waals surface area contributed by atoms with E-state index in [-0.39, 0.29) is 19.0 Å². The van der Waals surface area contributed by atoms with Gasteiger partial charge in [0.2, 0.25) is 5.91 Å². The summed E-state index contributed by atoms with van der Waals surface area (Å²) in [6.45, 7) is 2.71. The SMILES string of the molecule is Cc1ccccc1NC(=O)CN1CCCN(Cc2ccc(Cl)cc2)S1(=O)=O. The van der Waals surface area contributed by atoms with Crippen molar-refractivity contribution >= 4 is 33.4 Å². The van der Waals surface area contributed by atoms with Crippen molar-refractivity contribution in [1.29, 1.82) is 0 Å². The fourth-order valence-corrected chi connectivity index (χ4v) is 4.76. The molecule has 0 radical (unpaired) electrons. The molecule has 0 spiro atoms. The third-order valence-corrected chi connectivity index (χ3v) is 6.66. The molecule has 0 saturated carbocycles. The van der Waals surface area contributed by atoms with Gasteiger partial charge in [-0.2, -0.15) is 17.0 Å². The van der Waals surface area contributed by atoms with Crippen LogP contribution in [0.25, 0.3) is 0 Å². The summed E-state index contributed by atoms with van der Waals surface area (Å²) in [4.78, 5) is 12.4. The van der Waals surface area contributed by atoms with Crippen LogP contribution in [-0.2, 0) is 21.5 Å². The van der Waals surface area contributed by atoms with Gasteiger partial charge in [-0.05, 0) is 42.7 Å². The molecular weight excluding hydrogens is 386 g/mol. The molecule has 2 aromatic rings. The number of aryl methyl sites for hydroxylation is 1. The number of carbonyl (C=O) groups excluding carboxylic acids is 1. The molecule has 0 unspecified atom stereocenters. The molecule has 1 saturated heterocycles. The van der Waals surface area contributed by atoms with Crippen LogP contribution in [0.2, 0.25) is 5.02 Å². The van der Waals surface area contributed by atoms with Crippen LogP contribution in [0.5, 0.6) is 0 Å². The monoisotopic (exact) mass is 407 g/mol. The average molecular weight is 408 g/mol. The number of nitrogens with one attached hydrogen (secondary N) is 1. The molecule has 1 heterocycles. The van der Waals surface area contributed by atoms with E-state index in [1.807, 2.05) is 37.3 Å². The van der Waals surface area contributed by atoms with Crippen molar-refractivity contribution in [2.45, 2.75) is 19.9 Å². The van der Waals surface area contributed by atoms with E-state index in [0.717, 1.165) is 11.1 Å². The smallest absolute Gasteiger partial charge is 0.282 e. The molecule has 0 aliphatic carbocycles. The number of benzene rings is 2. The molecule has 0 bridgehead atoms. The van der Waals surface area contributed by atoms with Crippen LogP contribution in [0.4, 0.5) is 5.69 Å². The van der Waals surface area contributed by atoms with Crippen LogP contribution in [0.15, 0.2) is 48.5 Å². The fourth-order valence-electron chi connectivity index (χ4n) is 3.00. The number of hydrogen-bond acceptors (Lipinski definition) is 3. The number of amides is 1. The largest absolute Gasteiger partial charge is 0.325 e. The zero-order valence-electron chi connectivity index (χ0n) is 15.1. The van der Waals surface area contributed by atoms with Gasteiger partial charge >= 0.3 is 0 Å². The molecule has 2 aromatic carbocycles. The summed E-state index contributed by atoms with van der Waals surface area (Å²) in [5, 5.41) is 3.39. The Morgan fingerprint density at radius 2 is 1.74 bits per heavy atom. The molecule has 8 heteroatoms. The Kier molecular flexibility index (Phi) is 6.16. The lowest BCUT2D eigenvalue weighted by Gasteiger charge is -2.34. The second kappa shape index (κ2) is 8.39. The van der Waals surface area contributed by atoms with Crippen molar-refractivity contribution in [3.05, 3.63) is 64.7 Å². The van der Waals surface area contributed by atoms with E-state index in [0.29, 0.717) is 30.2 Å². The topological polar surface area (TPSA) is 69.7 Å². The Labute approximate surface area is 164 Å². The summed E-state index contributed by atoms with van der Waals surface area (Å²) in [6.07, 6.45) is 0.671. The van der Waals surface area contributed by atoms with Gasteiger partial charge in [0.1, 0.15) is 0 Å². The molecule has 27 heavy (non-hydrogen) atoms. The maximum Gasteiger partial charge on any atom is 0.282 e. The van der Waals surface area contributed by atoms with Crippen molar-refractivity contribution < 1.29 is 13.2 Å². The molecule has 6 nitrogen and oxygen atoms in total. The molecule has 1 fully saturated rings. The summed E-state index contributed by atoms with van der Waals surface area (Å²) >= 11 is 5.88. The third kappa shape index (κ3) is 4.87. The van der Waals surface area contributed by atoms with Crippen LogP contribution in [-0.4, -0.2) is 42.6 Å². The minimum atomic E-state index is -3.70. The number of para-hydroxylation sites is 1. The lowest BCUT2D eigenvalue weighted by molar-refractivity contribution is -0.116. The van der Waals surface area contributed by atoms with Gasteiger partial charge in [0.15, 0.2) is 0 Å². The maximum atomic E-state index is 12.9. The average Bonchev–Trinajstić information content (AvgIpc) is 2.62. The highest BCUT2D eigenvalue weighted by molar-refractivity contribution is 7.86. The standard InChI is InChI=1S/C19H22ClN3O3S/c1-15-5-2-3-6-18(15)21-19(24)14-23-12-4-11-22(27(23,25)26)13-16-7-9-17(20)10-8-16/h2-3,5-10H,4,11-14H2,1H3,(H,21,24). The van der Waals surface area contributed by atoms with Gasteiger partial charge in [0, 0.05) is 30.3 Å². The Balaban J connectivity index is 1.67. The fraction of sp³-hybridized carbons (Fsp3) is 0.316. The number of anilines is 1. The van der Waals surface area contributed by atoms with E-state index >= 15 is 0 Å². The van der Waals surface area contributed by atoms with Crippen molar-refractivity contribution in [1.82, 2.24) is 8.61 Å². The van der Waals surface area contributed by atoms with Gasteiger partial charge in [-0.1, -0.05) is 41.9 Å². The molecular formula is C19H22ClN3O3S. The molecule has 1 amide bonds. The van der Waals surface area contributed by atoms with Gasteiger partial charge in [-0.3, -0.25) is 4.79 Å². The van der Waals surface area contributed by atoms with Crippen molar-refractivity contribution in [2.24, 2.45) is 0 Å². The number of halogens is 1. The molecule has 0 aromatic heterocycles. The first-order chi connectivity index (χ1) is 12.9. The first-order valence-electron chi connectivity index (χ1n) is 8.71. The normalized spacial score (nSPS) is 17.6. The highest BCUT2D eigenvalue weighted by Crippen LogP contribution is 2.21. The van der Waals surface area contributed by atoms with Crippen molar-refractivity contribution in [2.75, 3.05) is 25.0 Å². The van der Waals surface area contributed by atoms with E-state index in [1.165, 1.54) is 8.61 Å². The van der Waals surface area contributed by atoms with Gasteiger partial charge < -0.3 is 5.32 Å². The predicted octanol–water partition coefficient (Wildman–Crippen LogP) is 3.04. The second-order valence-electron chi connectivity index (χ2n) is 6.52. The van der Waals surface area contributed by atoms with Gasteiger partial charge in [-0.25, -0.2) is 0 Å². The molecule has 0 atom stereocenters. The zero-order valence-corrected chi connectivity index (χ0v) is 16.6. The molecule has 1 aliphatic rings. The van der Waals surface area contributed by atoms with E-state index in [2.05, 4.69) is 5.32 Å². The van der Waals surface area contributed by atoms with Gasteiger partial charge in [-0.15, -0.1) is 0 Å². The summed E-state index contributed by atoms with van der Waals surface area (Å²) in [5.74, 6) is -0.346. The van der Waals surface area contributed by atoms with Crippen molar-refractivity contribution in [3.63, 3.8) is 0 Å². The quantitative estimate of drug-likeness (QED) is 0.828. The minimum Gasteiger partial charge on any atom is -0.325 e. The number of carbonyl (C=O) groups is 1. The van der Waals surface area contributed by atoms with Crippen molar-refractivity contribution in [3.8, 4) is 0 Å². The van der Waals surface area contributed by atoms with Gasteiger partial charge in [0.25, 0.3) is 10.2 Å². The Bertz CT molecular complexity index is 916. The van der Waals surface area contributed by atoms with Gasteiger partial charge in [0.05, 0.1) is 6.54 Å². The van der Waals surface area contributed by atoms with Crippen LogP contribution >= 0.6 is 11.6 Å². The third-order valence-electron chi connectivity index (χ3n) is 4.48. The molecule has 1 N–H and O–H groups in total.